The molecule has 1 aromatic carbocycles. The number of carbonyl (C=O) groups excluding carboxylic acids is 1. The van der Waals surface area contributed by atoms with Gasteiger partial charge in [-0.05, 0) is 49.4 Å². The van der Waals surface area contributed by atoms with Crippen LogP contribution in [0, 0.1) is 0 Å². The lowest BCUT2D eigenvalue weighted by Crippen LogP contribution is -2.24. The molecule has 3 rings (SSSR count). The third-order valence-corrected chi connectivity index (χ3v) is 4.49. The largest absolute Gasteiger partial charge is 0.356 e. The van der Waals surface area contributed by atoms with Crippen molar-refractivity contribution in [2.75, 3.05) is 29.6 Å². The number of aromatic nitrogens is 1. The summed E-state index contributed by atoms with van der Waals surface area (Å²) in [5.41, 5.74) is 1.45. The van der Waals surface area contributed by atoms with Gasteiger partial charge >= 0.3 is 0 Å². The topological polar surface area (TPSA) is 45.2 Å². The Labute approximate surface area is 134 Å². The minimum atomic E-state index is -0.103. The molecular formula is C17H19N3OS. The fraction of sp³-hybridized carbons (Fsp3) is 0.294. The van der Waals surface area contributed by atoms with Crippen LogP contribution in [0.2, 0.25) is 0 Å². The summed E-state index contributed by atoms with van der Waals surface area (Å²) in [5.74, 6) is 0.687. The first kappa shape index (κ1) is 14.9. The lowest BCUT2D eigenvalue weighted by atomic mass is 10.2. The van der Waals surface area contributed by atoms with Gasteiger partial charge in [0.25, 0.3) is 5.91 Å². The van der Waals surface area contributed by atoms with Crippen LogP contribution in [-0.4, -0.2) is 30.2 Å². The van der Waals surface area contributed by atoms with Gasteiger partial charge in [0.2, 0.25) is 0 Å². The first-order chi connectivity index (χ1) is 10.8. The summed E-state index contributed by atoms with van der Waals surface area (Å²) in [4.78, 5) is 20.3. The molecule has 0 radical (unpaired) electrons. The first-order valence-electron chi connectivity index (χ1n) is 7.43. The second-order valence-corrected chi connectivity index (χ2v) is 6.13. The fourth-order valence-corrected chi connectivity index (χ4v) is 3.11. The quantitative estimate of drug-likeness (QED) is 0.875. The average Bonchev–Trinajstić information content (AvgIpc) is 3.09. The first-order valence-corrected chi connectivity index (χ1v) is 8.66. The van der Waals surface area contributed by atoms with Crippen LogP contribution in [0.5, 0.6) is 0 Å². The van der Waals surface area contributed by atoms with E-state index in [2.05, 4.69) is 15.2 Å². The van der Waals surface area contributed by atoms with Crippen molar-refractivity contribution >= 4 is 29.2 Å². The predicted molar refractivity (Wildman–Crippen MR) is 91.9 cm³/mol. The molecule has 1 amide bonds. The number of carbonyl (C=O) groups is 1. The summed E-state index contributed by atoms with van der Waals surface area (Å²) < 4.78 is 0. The molecule has 1 saturated heterocycles. The lowest BCUT2D eigenvalue weighted by Gasteiger charge is -2.19. The predicted octanol–water partition coefficient (Wildman–Crippen LogP) is 3.66. The number of rotatable bonds is 4. The van der Waals surface area contributed by atoms with E-state index in [0.29, 0.717) is 5.56 Å². The van der Waals surface area contributed by atoms with Crippen LogP contribution in [-0.2, 0) is 0 Å². The molecule has 4 nitrogen and oxygen atoms in total. The highest BCUT2D eigenvalue weighted by atomic mass is 32.2. The zero-order valence-electron chi connectivity index (χ0n) is 12.6. The van der Waals surface area contributed by atoms with Crippen LogP contribution in [0.15, 0.2) is 47.5 Å². The molecule has 1 aliphatic heterocycles. The van der Waals surface area contributed by atoms with E-state index in [1.54, 1.807) is 18.0 Å². The molecule has 0 bridgehead atoms. The highest BCUT2D eigenvalue weighted by molar-refractivity contribution is 7.98. The van der Waals surface area contributed by atoms with Crippen molar-refractivity contribution in [1.82, 2.24) is 4.98 Å². The van der Waals surface area contributed by atoms with Gasteiger partial charge in [-0.15, -0.1) is 11.8 Å². The Morgan fingerprint density at radius 3 is 2.82 bits per heavy atom. The molecule has 0 saturated carbocycles. The molecule has 2 heterocycles. The molecule has 0 aliphatic carbocycles. The van der Waals surface area contributed by atoms with Crippen molar-refractivity contribution in [3.63, 3.8) is 0 Å². The van der Waals surface area contributed by atoms with Gasteiger partial charge in [0, 0.05) is 29.9 Å². The third-order valence-electron chi connectivity index (χ3n) is 3.76. The van der Waals surface area contributed by atoms with Crippen LogP contribution in [0.3, 0.4) is 0 Å². The van der Waals surface area contributed by atoms with Crippen molar-refractivity contribution in [1.29, 1.82) is 0 Å². The van der Waals surface area contributed by atoms with Gasteiger partial charge in [-0.1, -0.05) is 6.07 Å². The standard InChI is InChI=1S/C17H19N3OS/c1-22-14-7-4-6-13(12-14)19-17(21)15-8-5-9-18-16(15)20-10-2-3-11-20/h4-9,12H,2-3,10-11H2,1H3,(H,19,21). The molecule has 0 unspecified atom stereocenters. The van der Waals surface area contributed by atoms with E-state index in [1.807, 2.05) is 42.7 Å². The van der Waals surface area contributed by atoms with Crippen molar-refractivity contribution in [2.45, 2.75) is 17.7 Å². The smallest absolute Gasteiger partial charge is 0.259 e. The number of anilines is 2. The van der Waals surface area contributed by atoms with Crippen molar-refractivity contribution in [2.24, 2.45) is 0 Å². The summed E-state index contributed by atoms with van der Waals surface area (Å²) in [5, 5.41) is 2.98. The maximum Gasteiger partial charge on any atom is 0.259 e. The Kier molecular flexibility index (Phi) is 4.63. The van der Waals surface area contributed by atoms with E-state index in [9.17, 15) is 4.79 Å². The van der Waals surface area contributed by atoms with Crippen LogP contribution >= 0.6 is 11.8 Å². The van der Waals surface area contributed by atoms with Gasteiger partial charge in [-0.2, -0.15) is 0 Å². The summed E-state index contributed by atoms with van der Waals surface area (Å²) in [6.07, 6.45) is 6.09. The van der Waals surface area contributed by atoms with Crippen LogP contribution in [0.1, 0.15) is 23.2 Å². The van der Waals surface area contributed by atoms with Crippen LogP contribution in [0.25, 0.3) is 0 Å². The molecule has 1 N–H and O–H groups in total. The monoisotopic (exact) mass is 313 g/mol. The molecule has 114 valence electrons. The molecule has 0 spiro atoms. The Bertz CT molecular complexity index is 668. The number of benzene rings is 1. The number of nitrogens with zero attached hydrogens (tertiary/aromatic N) is 2. The van der Waals surface area contributed by atoms with Gasteiger partial charge < -0.3 is 10.2 Å². The highest BCUT2D eigenvalue weighted by Gasteiger charge is 2.20. The Balaban J connectivity index is 1.82. The summed E-state index contributed by atoms with van der Waals surface area (Å²) in [6, 6.07) is 11.5. The van der Waals surface area contributed by atoms with Gasteiger partial charge in [0.1, 0.15) is 5.82 Å². The Morgan fingerprint density at radius 2 is 2.05 bits per heavy atom. The molecular weight excluding hydrogens is 294 g/mol. The van der Waals surface area contributed by atoms with Gasteiger partial charge in [-0.3, -0.25) is 4.79 Å². The van der Waals surface area contributed by atoms with E-state index >= 15 is 0 Å². The molecule has 5 heteroatoms. The zero-order chi connectivity index (χ0) is 15.4. The van der Waals surface area contributed by atoms with E-state index < -0.39 is 0 Å². The fourth-order valence-electron chi connectivity index (χ4n) is 2.65. The summed E-state index contributed by atoms with van der Waals surface area (Å²) >= 11 is 1.66. The van der Waals surface area contributed by atoms with Crippen molar-refractivity contribution in [3.8, 4) is 0 Å². The number of pyridine rings is 1. The second kappa shape index (κ2) is 6.83. The molecule has 1 aliphatic rings. The van der Waals surface area contributed by atoms with Crippen molar-refractivity contribution in [3.05, 3.63) is 48.2 Å². The average molecular weight is 313 g/mol. The third kappa shape index (κ3) is 3.25. The van der Waals surface area contributed by atoms with Gasteiger partial charge in [0.05, 0.1) is 5.56 Å². The minimum Gasteiger partial charge on any atom is -0.356 e. The minimum absolute atomic E-state index is 0.103. The number of amides is 1. The summed E-state index contributed by atoms with van der Waals surface area (Å²) in [6.45, 7) is 1.94. The molecule has 22 heavy (non-hydrogen) atoms. The molecule has 2 aromatic rings. The number of nitrogens with one attached hydrogen (secondary N) is 1. The Hall–Kier alpha value is -2.01. The maximum atomic E-state index is 12.6. The molecule has 1 fully saturated rings. The maximum absolute atomic E-state index is 12.6. The SMILES string of the molecule is CSc1cccc(NC(=O)c2cccnc2N2CCCC2)c1. The van der Waals surface area contributed by atoms with E-state index in [-0.39, 0.29) is 5.91 Å². The number of hydrogen-bond donors (Lipinski definition) is 1. The van der Waals surface area contributed by atoms with Gasteiger partial charge in [0.15, 0.2) is 0 Å². The summed E-state index contributed by atoms with van der Waals surface area (Å²) in [7, 11) is 0. The lowest BCUT2D eigenvalue weighted by molar-refractivity contribution is 0.102. The normalized spacial score (nSPS) is 14.1. The van der Waals surface area contributed by atoms with Gasteiger partial charge in [-0.25, -0.2) is 4.98 Å². The van der Waals surface area contributed by atoms with Crippen LogP contribution < -0.4 is 10.2 Å². The highest BCUT2D eigenvalue weighted by Crippen LogP contribution is 2.24. The van der Waals surface area contributed by atoms with E-state index in [0.717, 1.165) is 42.3 Å². The number of thioether (sulfide) groups is 1. The Morgan fingerprint density at radius 1 is 1.23 bits per heavy atom. The van der Waals surface area contributed by atoms with Crippen molar-refractivity contribution < 1.29 is 4.79 Å². The second-order valence-electron chi connectivity index (χ2n) is 5.25. The van der Waals surface area contributed by atoms with Crippen LogP contribution in [0.4, 0.5) is 11.5 Å². The zero-order valence-corrected chi connectivity index (χ0v) is 13.4. The molecule has 1 aromatic heterocycles. The van der Waals surface area contributed by atoms with E-state index in [1.165, 1.54) is 0 Å². The number of hydrogen-bond acceptors (Lipinski definition) is 4. The molecule has 0 atom stereocenters. The van der Waals surface area contributed by atoms with E-state index in [4.69, 9.17) is 0 Å².